The molecule has 0 radical (unpaired) electrons. The number of carbonyl (C=O) groups excluding carboxylic acids is 2. The summed E-state index contributed by atoms with van der Waals surface area (Å²) in [6.07, 6.45) is 0. The zero-order chi connectivity index (χ0) is 29.0. The molecule has 0 spiro atoms. The molecule has 0 aliphatic rings. The summed E-state index contributed by atoms with van der Waals surface area (Å²) in [5.41, 5.74) is -2.11. The van der Waals surface area contributed by atoms with E-state index in [0.717, 1.165) is 0 Å². The molecule has 0 unspecified atom stereocenters. The lowest BCUT2D eigenvalue weighted by molar-refractivity contribution is 0.0381. The van der Waals surface area contributed by atoms with Crippen molar-refractivity contribution in [3.63, 3.8) is 0 Å². The van der Waals surface area contributed by atoms with Crippen LogP contribution in [0, 0.1) is 58.2 Å². The Morgan fingerprint density at radius 2 is 0.615 bits per heavy atom. The molecule has 39 heavy (non-hydrogen) atoms. The number of carbonyl (C=O) groups is 2. The van der Waals surface area contributed by atoms with Crippen LogP contribution < -0.4 is 0 Å². The molecular weight excluding hydrogens is 550 g/mol. The van der Waals surface area contributed by atoms with E-state index in [1.54, 1.807) is 0 Å². The van der Waals surface area contributed by atoms with Crippen LogP contribution in [-0.2, 0) is 4.74 Å². The van der Waals surface area contributed by atoms with Crippen molar-refractivity contribution in [3.05, 3.63) is 130 Å². The molecule has 0 saturated heterocycles. The third-order valence-electron chi connectivity index (χ3n) is 4.89. The van der Waals surface area contributed by atoms with Crippen LogP contribution in [0.25, 0.3) is 11.1 Å². The van der Waals surface area contributed by atoms with Crippen molar-refractivity contribution >= 4 is 11.9 Å². The molecular formula is C26H10F10O3. The Hall–Kier alpha value is -4.68. The van der Waals surface area contributed by atoms with Gasteiger partial charge in [-0.1, -0.05) is 60.7 Å². The smallest absolute Gasteiger partial charge is 0.352 e. The Labute approximate surface area is 211 Å². The van der Waals surface area contributed by atoms with Crippen LogP contribution in [0.4, 0.5) is 43.9 Å². The van der Waals surface area contributed by atoms with Crippen molar-refractivity contribution in [2.45, 2.75) is 0 Å². The molecule has 202 valence electrons. The number of hydrogen-bond acceptors (Lipinski definition) is 3. The lowest BCUT2D eigenvalue weighted by Gasteiger charge is -2.09. The molecule has 4 aromatic carbocycles. The molecule has 0 aromatic heterocycles. The quantitative estimate of drug-likeness (QED) is 0.0861. The molecule has 0 atom stereocenters. The molecule has 0 amide bonds. The summed E-state index contributed by atoms with van der Waals surface area (Å²) in [4.78, 5) is 22.9. The lowest BCUT2D eigenvalue weighted by Crippen LogP contribution is -2.21. The van der Waals surface area contributed by atoms with Gasteiger partial charge in [-0.05, 0) is 11.1 Å². The number of rotatable bonds is 3. The third kappa shape index (κ3) is 5.76. The summed E-state index contributed by atoms with van der Waals surface area (Å²) in [5.74, 6) is -32.2. The van der Waals surface area contributed by atoms with E-state index in [0.29, 0.717) is 0 Å². The first-order valence-corrected chi connectivity index (χ1v) is 10.3. The average Bonchev–Trinajstić information content (AvgIpc) is 2.94. The topological polar surface area (TPSA) is 43.4 Å². The molecule has 3 nitrogen and oxygen atoms in total. The van der Waals surface area contributed by atoms with Gasteiger partial charge in [0.05, 0.1) is 0 Å². The first-order valence-electron chi connectivity index (χ1n) is 10.3. The van der Waals surface area contributed by atoms with Crippen LogP contribution in [0.15, 0.2) is 60.7 Å². The highest BCUT2D eigenvalue weighted by Crippen LogP contribution is 2.26. The van der Waals surface area contributed by atoms with Crippen LogP contribution in [-0.4, -0.2) is 11.9 Å². The SMILES string of the molecule is O=C(OC(=O)c1c(F)c(F)c(F)c(F)c1F)c1c(F)c(F)c(F)c(F)c1F.c1ccc(-c2ccccc2)cc1. The molecule has 13 heteroatoms. The number of benzene rings is 4. The zero-order valence-corrected chi connectivity index (χ0v) is 18.8. The maximum absolute atomic E-state index is 13.4. The molecule has 0 aliphatic heterocycles. The van der Waals surface area contributed by atoms with Gasteiger partial charge in [0.2, 0.25) is 11.6 Å². The van der Waals surface area contributed by atoms with Crippen LogP contribution >= 0.6 is 0 Å². The van der Waals surface area contributed by atoms with Gasteiger partial charge in [-0.3, -0.25) is 0 Å². The van der Waals surface area contributed by atoms with Crippen molar-refractivity contribution in [1.82, 2.24) is 0 Å². The highest BCUT2D eigenvalue weighted by atomic mass is 19.2. The summed E-state index contributed by atoms with van der Waals surface area (Å²) >= 11 is 0. The maximum atomic E-state index is 13.4. The maximum Gasteiger partial charge on any atom is 0.352 e. The largest absolute Gasteiger partial charge is 0.385 e. The van der Waals surface area contributed by atoms with E-state index in [1.807, 2.05) is 12.1 Å². The molecule has 0 heterocycles. The number of ether oxygens (including phenoxy) is 1. The molecule has 0 saturated carbocycles. The molecule has 4 rings (SSSR count). The van der Waals surface area contributed by atoms with Crippen molar-refractivity contribution < 1.29 is 58.2 Å². The fourth-order valence-electron chi connectivity index (χ4n) is 3.02. The van der Waals surface area contributed by atoms with E-state index in [1.165, 1.54) is 11.1 Å². The van der Waals surface area contributed by atoms with E-state index in [2.05, 4.69) is 53.3 Å². The van der Waals surface area contributed by atoms with Crippen LogP contribution in [0.5, 0.6) is 0 Å². The normalized spacial score (nSPS) is 10.5. The van der Waals surface area contributed by atoms with Gasteiger partial charge in [0.1, 0.15) is 11.1 Å². The number of hydrogen-bond donors (Lipinski definition) is 0. The summed E-state index contributed by atoms with van der Waals surface area (Å²) in [5, 5.41) is 0. The van der Waals surface area contributed by atoms with Gasteiger partial charge in [0, 0.05) is 0 Å². The van der Waals surface area contributed by atoms with Crippen molar-refractivity contribution in [3.8, 4) is 11.1 Å². The van der Waals surface area contributed by atoms with Gasteiger partial charge >= 0.3 is 11.9 Å². The highest BCUT2D eigenvalue weighted by Gasteiger charge is 2.35. The minimum Gasteiger partial charge on any atom is -0.385 e. The Kier molecular flexibility index (Phi) is 8.74. The molecule has 4 aromatic rings. The molecule has 0 aliphatic carbocycles. The third-order valence-corrected chi connectivity index (χ3v) is 4.89. The summed E-state index contributed by atoms with van der Waals surface area (Å²) < 4.78 is 135. The van der Waals surface area contributed by atoms with Crippen molar-refractivity contribution in [2.24, 2.45) is 0 Å². The predicted molar refractivity (Wildman–Crippen MR) is 114 cm³/mol. The van der Waals surface area contributed by atoms with Crippen LogP contribution in [0.2, 0.25) is 0 Å². The molecule has 0 fully saturated rings. The second-order valence-corrected chi connectivity index (χ2v) is 7.30. The van der Waals surface area contributed by atoms with E-state index in [9.17, 15) is 53.5 Å². The van der Waals surface area contributed by atoms with Crippen LogP contribution in [0.3, 0.4) is 0 Å². The predicted octanol–water partition coefficient (Wildman–Crippen LogP) is 7.43. The Morgan fingerprint density at radius 3 is 0.872 bits per heavy atom. The lowest BCUT2D eigenvalue weighted by atomic mass is 10.1. The first-order chi connectivity index (χ1) is 18.4. The standard InChI is InChI=1S/C14F10O3.C12H10/c15-3-1(4(16)8(20)11(23)7(3)19)13(25)27-14(26)2-5(17)9(21)12(24)10(22)6(2)18;1-3-7-11(8-4-1)12-9-5-2-6-10-12/h;1-10H. The number of esters is 2. The van der Waals surface area contributed by atoms with Gasteiger partial charge in [0.25, 0.3) is 0 Å². The van der Waals surface area contributed by atoms with Crippen molar-refractivity contribution in [1.29, 1.82) is 0 Å². The van der Waals surface area contributed by atoms with Crippen molar-refractivity contribution in [2.75, 3.05) is 0 Å². The molecule has 0 bridgehead atoms. The van der Waals surface area contributed by atoms with Gasteiger partial charge in [-0.15, -0.1) is 0 Å². The summed E-state index contributed by atoms with van der Waals surface area (Å²) in [7, 11) is 0. The fourth-order valence-corrected chi connectivity index (χ4v) is 3.02. The van der Waals surface area contributed by atoms with E-state index < -0.39 is 81.2 Å². The summed E-state index contributed by atoms with van der Waals surface area (Å²) in [6.45, 7) is 0. The minimum absolute atomic E-state index is 1.28. The Bertz CT molecular complexity index is 1380. The molecule has 0 N–H and O–H groups in total. The minimum atomic E-state index is -2.70. The average molecular weight is 560 g/mol. The van der Waals surface area contributed by atoms with Gasteiger partial charge < -0.3 is 4.74 Å². The Balaban J connectivity index is 0.000000289. The van der Waals surface area contributed by atoms with E-state index in [4.69, 9.17) is 0 Å². The summed E-state index contributed by atoms with van der Waals surface area (Å²) in [6, 6.07) is 20.8. The van der Waals surface area contributed by atoms with Gasteiger partial charge in [-0.2, -0.15) is 0 Å². The second-order valence-electron chi connectivity index (χ2n) is 7.30. The fraction of sp³-hybridized carbons (Fsp3) is 0. The highest BCUT2D eigenvalue weighted by molar-refractivity contribution is 6.03. The Morgan fingerprint density at radius 1 is 0.385 bits per heavy atom. The van der Waals surface area contributed by atoms with Gasteiger partial charge in [-0.25, -0.2) is 53.5 Å². The zero-order valence-electron chi connectivity index (χ0n) is 18.8. The first kappa shape index (κ1) is 28.9. The second kappa shape index (κ2) is 11.8. The van der Waals surface area contributed by atoms with Gasteiger partial charge in [0.15, 0.2) is 46.5 Å². The van der Waals surface area contributed by atoms with E-state index in [-0.39, 0.29) is 0 Å². The number of halogens is 10. The van der Waals surface area contributed by atoms with E-state index >= 15 is 0 Å². The monoisotopic (exact) mass is 560 g/mol. The van der Waals surface area contributed by atoms with Crippen LogP contribution in [0.1, 0.15) is 20.7 Å².